The Labute approximate surface area is 138 Å². The molecule has 0 spiro atoms. The highest BCUT2D eigenvalue weighted by atomic mass is 35.5. The van der Waals surface area contributed by atoms with Crippen LogP contribution in [0.5, 0.6) is 11.5 Å². The van der Waals surface area contributed by atoms with Gasteiger partial charge in [-0.15, -0.1) is 12.4 Å². The molecule has 2 N–H and O–H groups in total. The van der Waals surface area contributed by atoms with Crippen LogP contribution in [0.25, 0.3) is 0 Å². The van der Waals surface area contributed by atoms with E-state index in [0.29, 0.717) is 23.6 Å². The van der Waals surface area contributed by atoms with E-state index in [0.717, 1.165) is 31.4 Å². The van der Waals surface area contributed by atoms with Crippen LogP contribution >= 0.6 is 12.4 Å². The van der Waals surface area contributed by atoms with Gasteiger partial charge in [-0.1, -0.05) is 0 Å². The highest BCUT2D eigenvalue weighted by molar-refractivity contribution is 5.95. The third-order valence-corrected chi connectivity index (χ3v) is 4.16. The molecular formula is C16H25ClN2O3. The Morgan fingerprint density at radius 3 is 2.36 bits per heavy atom. The number of benzene rings is 1. The molecule has 0 aromatic heterocycles. The van der Waals surface area contributed by atoms with Crippen molar-refractivity contribution in [2.24, 2.45) is 5.73 Å². The van der Waals surface area contributed by atoms with Crippen LogP contribution in [-0.4, -0.2) is 44.2 Å². The third kappa shape index (κ3) is 3.65. The van der Waals surface area contributed by atoms with Crippen molar-refractivity contribution in [2.75, 3.05) is 27.3 Å². The van der Waals surface area contributed by atoms with Gasteiger partial charge < -0.3 is 20.1 Å². The number of likely N-dealkylation sites (tertiary alicyclic amines) is 1. The van der Waals surface area contributed by atoms with Crippen molar-refractivity contribution in [3.63, 3.8) is 0 Å². The average molecular weight is 329 g/mol. The number of ether oxygens (including phenoxy) is 2. The van der Waals surface area contributed by atoms with Gasteiger partial charge in [0.2, 0.25) is 0 Å². The molecule has 1 atom stereocenters. The van der Waals surface area contributed by atoms with E-state index in [1.165, 1.54) is 0 Å². The van der Waals surface area contributed by atoms with Gasteiger partial charge >= 0.3 is 0 Å². The Hall–Kier alpha value is -1.46. The highest BCUT2D eigenvalue weighted by Crippen LogP contribution is 2.31. The number of hydrogen-bond donors (Lipinski definition) is 1. The summed E-state index contributed by atoms with van der Waals surface area (Å²) in [5.41, 5.74) is 7.29. The summed E-state index contributed by atoms with van der Waals surface area (Å²) >= 11 is 0. The first-order valence-corrected chi connectivity index (χ1v) is 7.36. The number of halogens is 1. The second kappa shape index (κ2) is 8.25. The topological polar surface area (TPSA) is 64.8 Å². The molecule has 0 saturated carbocycles. The predicted molar refractivity (Wildman–Crippen MR) is 89.3 cm³/mol. The molecule has 1 fully saturated rings. The van der Waals surface area contributed by atoms with E-state index in [-0.39, 0.29) is 24.4 Å². The number of piperidine rings is 1. The van der Waals surface area contributed by atoms with Crippen LogP contribution in [0.4, 0.5) is 0 Å². The zero-order valence-electron chi connectivity index (χ0n) is 13.4. The maximum Gasteiger partial charge on any atom is 0.254 e. The summed E-state index contributed by atoms with van der Waals surface area (Å²) < 4.78 is 10.7. The van der Waals surface area contributed by atoms with Gasteiger partial charge in [-0.2, -0.15) is 0 Å². The maximum absolute atomic E-state index is 12.8. The monoisotopic (exact) mass is 328 g/mol. The van der Waals surface area contributed by atoms with Crippen LogP contribution in [0.3, 0.4) is 0 Å². The van der Waals surface area contributed by atoms with E-state index >= 15 is 0 Å². The quantitative estimate of drug-likeness (QED) is 0.921. The molecule has 1 amide bonds. The molecule has 1 saturated heterocycles. The first-order chi connectivity index (χ1) is 10.1. The Kier molecular flexibility index (Phi) is 6.97. The molecule has 0 aliphatic carbocycles. The largest absolute Gasteiger partial charge is 0.496 e. The van der Waals surface area contributed by atoms with E-state index in [1.54, 1.807) is 26.4 Å². The fourth-order valence-electron chi connectivity index (χ4n) is 2.89. The minimum atomic E-state index is 0. The van der Waals surface area contributed by atoms with Crippen molar-refractivity contribution in [3.05, 3.63) is 23.3 Å². The van der Waals surface area contributed by atoms with E-state index in [2.05, 4.69) is 0 Å². The molecular weight excluding hydrogens is 304 g/mol. The van der Waals surface area contributed by atoms with Crippen molar-refractivity contribution in [1.82, 2.24) is 4.90 Å². The van der Waals surface area contributed by atoms with Gasteiger partial charge in [0.25, 0.3) is 5.91 Å². The average Bonchev–Trinajstić information content (AvgIpc) is 2.54. The number of hydrogen-bond acceptors (Lipinski definition) is 4. The second-order valence-electron chi connectivity index (χ2n) is 5.39. The van der Waals surface area contributed by atoms with Crippen molar-refractivity contribution < 1.29 is 14.3 Å². The van der Waals surface area contributed by atoms with Crippen LogP contribution in [0.1, 0.15) is 35.2 Å². The second-order valence-corrected chi connectivity index (χ2v) is 5.39. The van der Waals surface area contributed by atoms with Crippen molar-refractivity contribution >= 4 is 18.3 Å². The highest BCUT2D eigenvalue weighted by Gasteiger charge is 2.27. The van der Waals surface area contributed by atoms with Gasteiger partial charge in [0, 0.05) is 30.3 Å². The van der Waals surface area contributed by atoms with Gasteiger partial charge in [0.1, 0.15) is 11.5 Å². The minimum absolute atomic E-state index is 0. The minimum Gasteiger partial charge on any atom is -0.496 e. The number of methoxy groups -OCH3 is 2. The van der Waals surface area contributed by atoms with Crippen molar-refractivity contribution in [3.8, 4) is 11.5 Å². The molecule has 1 aliphatic heterocycles. The summed E-state index contributed by atoms with van der Waals surface area (Å²) in [6, 6.07) is 3.69. The fraction of sp³-hybridized carbons (Fsp3) is 0.562. The first-order valence-electron chi connectivity index (χ1n) is 7.36. The summed E-state index contributed by atoms with van der Waals surface area (Å²) in [6.45, 7) is 3.18. The third-order valence-electron chi connectivity index (χ3n) is 4.16. The lowest BCUT2D eigenvalue weighted by molar-refractivity contribution is 0.0622. The first kappa shape index (κ1) is 18.6. The van der Waals surface area contributed by atoms with Gasteiger partial charge in [0.15, 0.2) is 0 Å². The molecule has 1 aromatic rings. The summed E-state index contributed by atoms with van der Waals surface area (Å²) in [5.74, 6) is 1.33. The van der Waals surface area contributed by atoms with Crippen LogP contribution < -0.4 is 15.2 Å². The van der Waals surface area contributed by atoms with Crippen LogP contribution in [0.2, 0.25) is 0 Å². The van der Waals surface area contributed by atoms with Crippen molar-refractivity contribution in [1.29, 1.82) is 0 Å². The molecule has 0 radical (unpaired) electrons. The standard InChI is InChI=1S/C16H24N2O3.ClH/c1-11-14(20-2)8-12(9-15(11)21-3)16(19)18-7-5-4-6-13(18)10-17;/h8-9,13H,4-7,10,17H2,1-3H3;1H. The molecule has 5 nitrogen and oxygen atoms in total. The summed E-state index contributed by atoms with van der Waals surface area (Å²) in [7, 11) is 3.19. The van der Waals surface area contributed by atoms with E-state index in [9.17, 15) is 4.79 Å². The SMILES string of the molecule is COc1cc(C(=O)N2CCCCC2CN)cc(OC)c1C.Cl. The Bertz CT molecular complexity index is 497. The molecule has 1 unspecified atom stereocenters. The van der Waals surface area contributed by atoms with Gasteiger partial charge in [-0.05, 0) is 38.3 Å². The molecule has 124 valence electrons. The van der Waals surface area contributed by atoms with Gasteiger partial charge in [0.05, 0.1) is 14.2 Å². The predicted octanol–water partition coefficient (Wildman–Crippen LogP) is 2.39. The van der Waals surface area contributed by atoms with E-state index in [1.807, 2.05) is 11.8 Å². The molecule has 1 aliphatic rings. The molecule has 0 bridgehead atoms. The summed E-state index contributed by atoms with van der Waals surface area (Å²) in [6.07, 6.45) is 3.14. The van der Waals surface area contributed by atoms with Crippen LogP contribution in [0, 0.1) is 6.92 Å². The van der Waals surface area contributed by atoms with E-state index in [4.69, 9.17) is 15.2 Å². The number of amides is 1. The Morgan fingerprint density at radius 2 is 1.86 bits per heavy atom. The normalized spacial score (nSPS) is 17.6. The molecule has 22 heavy (non-hydrogen) atoms. The Balaban J connectivity index is 0.00000242. The molecule has 1 heterocycles. The zero-order chi connectivity index (χ0) is 15.4. The maximum atomic E-state index is 12.8. The number of rotatable bonds is 4. The number of carbonyl (C=O) groups is 1. The van der Waals surface area contributed by atoms with Crippen molar-refractivity contribution in [2.45, 2.75) is 32.2 Å². The molecule has 1 aromatic carbocycles. The molecule has 2 rings (SSSR count). The smallest absolute Gasteiger partial charge is 0.254 e. The number of nitrogens with zero attached hydrogens (tertiary/aromatic N) is 1. The zero-order valence-corrected chi connectivity index (χ0v) is 14.2. The molecule has 6 heteroatoms. The van der Waals surface area contributed by atoms with Crippen LogP contribution in [-0.2, 0) is 0 Å². The van der Waals surface area contributed by atoms with Crippen LogP contribution in [0.15, 0.2) is 12.1 Å². The van der Waals surface area contributed by atoms with Gasteiger partial charge in [-0.3, -0.25) is 4.79 Å². The number of carbonyl (C=O) groups excluding carboxylic acids is 1. The van der Waals surface area contributed by atoms with E-state index < -0.39 is 0 Å². The summed E-state index contributed by atoms with van der Waals surface area (Å²) in [5, 5.41) is 0. The lowest BCUT2D eigenvalue weighted by Gasteiger charge is -2.35. The lowest BCUT2D eigenvalue weighted by Crippen LogP contribution is -2.47. The fourth-order valence-corrected chi connectivity index (χ4v) is 2.89. The lowest BCUT2D eigenvalue weighted by atomic mass is 10.00. The number of nitrogens with two attached hydrogens (primary N) is 1. The summed E-state index contributed by atoms with van der Waals surface area (Å²) in [4.78, 5) is 14.7. The van der Waals surface area contributed by atoms with Gasteiger partial charge in [-0.25, -0.2) is 0 Å². The Morgan fingerprint density at radius 1 is 1.27 bits per heavy atom.